The number of hydrogen-bond donors (Lipinski definition) is 1. The molecule has 1 aromatic heterocycles. The van der Waals surface area contributed by atoms with E-state index >= 15 is 0 Å². The second-order valence-corrected chi connectivity index (χ2v) is 4.04. The number of aromatic carboxylic acids is 1. The van der Waals surface area contributed by atoms with E-state index in [2.05, 4.69) is 5.29 Å². The molecule has 14 heavy (non-hydrogen) atoms. The third-order valence-electron chi connectivity index (χ3n) is 2.27. The number of carboxylic acids is 1. The summed E-state index contributed by atoms with van der Waals surface area (Å²) in [5.41, 5.74) is 1.23. The minimum absolute atomic E-state index is 0.371. The highest BCUT2D eigenvalue weighted by Gasteiger charge is 2.23. The van der Waals surface area contributed by atoms with E-state index in [1.165, 1.54) is 16.3 Å². The highest BCUT2D eigenvalue weighted by Crippen LogP contribution is 2.28. The number of nitrogens with zero attached hydrogens (tertiary/aromatic N) is 2. The molecule has 6 heteroatoms. The van der Waals surface area contributed by atoms with E-state index in [1.54, 1.807) is 5.38 Å². The topological polar surface area (TPSA) is 70.0 Å². The molecule has 1 N–H and O–H groups in total. The van der Waals surface area contributed by atoms with E-state index in [-0.39, 0.29) is 0 Å². The Morgan fingerprint density at radius 3 is 3.07 bits per heavy atom. The van der Waals surface area contributed by atoms with Crippen molar-refractivity contribution < 1.29 is 9.90 Å². The Hall–Kier alpha value is -1.43. The van der Waals surface area contributed by atoms with Gasteiger partial charge in [0.05, 0.1) is 17.4 Å². The lowest BCUT2D eigenvalue weighted by Crippen LogP contribution is -2.25. The van der Waals surface area contributed by atoms with E-state index in [4.69, 9.17) is 5.11 Å². The van der Waals surface area contributed by atoms with Crippen molar-refractivity contribution in [1.29, 1.82) is 0 Å². The minimum atomic E-state index is -0.894. The fourth-order valence-corrected chi connectivity index (χ4v) is 2.65. The molecule has 0 bridgehead atoms. The molecule has 2 heterocycles. The smallest absolute Gasteiger partial charge is 0.336 e. The molecule has 0 spiro atoms. The van der Waals surface area contributed by atoms with Crippen LogP contribution in [0.3, 0.4) is 0 Å². The van der Waals surface area contributed by atoms with Crippen LogP contribution in [-0.2, 0) is 13.0 Å². The van der Waals surface area contributed by atoms with E-state index in [0.717, 1.165) is 10.4 Å². The molecule has 0 aromatic carbocycles. The average molecular weight is 212 g/mol. The molecule has 74 valence electrons. The second kappa shape index (κ2) is 3.38. The fraction of sp³-hybridized carbons (Fsp3) is 0.375. The third kappa shape index (κ3) is 1.37. The van der Waals surface area contributed by atoms with Crippen LogP contribution in [0.15, 0.2) is 10.7 Å². The van der Waals surface area contributed by atoms with Gasteiger partial charge in [-0.3, -0.25) is 5.01 Å². The van der Waals surface area contributed by atoms with Gasteiger partial charge in [0, 0.05) is 16.8 Å². The quantitative estimate of drug-likeness (QED) is 0.754. The molecule has 1 aliphatic heterocycles. The first-order valence-electron chi connectivity index (χ1n) is 4.13. The number of thiophene rings is 1. The van der Waals surface area contributed by atoms with Crippen LogP contribution in [0.4, 0.5) is 0 Å². The highest BCUT2D eigenvalue weighted by atomic mass is 32.1. The summed E-state index contributed by atoms with van der Waals surface area (Å²) in [5, 5.41) is 14.7. The zero-order valence-electron chi connectivity index (χ0n) is 7.27. The summed E-state index contributed by atoms with van der Waals surface area (Å²) in [6.45, 7) is 0.949. The molecule has 0 amide bonds. The van der Waals surface area contributed by atoms with E-state index in [1.807, 2.05) is 0 Å². The first-order chi connectivity index (χ1) is 6.72. The van der Waals surface area contributed by atoms with E-state index < -0.39 is 5.97 Å². The SMILES string of the molecule is O=NN1CCc2c(C(=O)O)csc2C1. The summed E-state index contributed by atoms with van der Waals surface area (Å²) in [6, 6.07) is 0. The van der Waals surface area contributed by atoms with Crippen LogP contribution in [0.25, 0.3) is 0 Å². The molecule has 0 fully saturated rings. The lowest BCUT2D eigenvalue weighted by molar-refractivity contribution is 0.0695. The molecule has 0 unspecified atom stereocenters. The maximum atomic E-state index is 10.8. The van der Waals surface area contributed by atoms with E-state index in [9.17, 15) is 9.70 Å². The van der Waals surface area contributed by atoms with Gasteiger partial charge in [0.25, 0.3) is 0 Å². The largest absolute Gasteiger partial charge is 0.478 e. The third-order valence-corrected chi connectivity index (χ3v) is 3.29. The zero-order valence-corrected chi connectivity index (χ0v) is 8.08. The molecule has 5 nitrogen and oxygen atoms in total. The number of hydrogen-bond acceptors (Lipinski definition) is 4. The first kappa shape index (κ1) is 9.14. The van der Waals surface area contributed by atoms with Crippen molar-refractivity contribution in [2.75, 3.05) is 6.54 Å². The van der Waals surface area contributed by atoms with E-state index in [0.29, 0.717) is 25.1 Å². The van der Waals surface area contributed by atoms with Gasteiger partial charge < -0.3 is 5.11 Å². The van der Waals surface area contributed by atoms with Gasteiger partial charge >= 0.3 is 5.97 Å². The number of rotatable bonds is 2. The molecule has 0 atom stereocenters. The van der Waals surface area contributed by atoms with Crippen molar-refractivity contribution in [3.05, 3.63) is 26.3 Å². The molecule has 1 aliphatic rings. The molecular weight excluding hydrogens is 204 g/mol. The Morgan fingerprint density at radius 2 is 2.43 bits per heavy atom. The van der Waals surface area contributed by atoms with Crippen molar-refractivity contribution in [1.82, 2.24) is 5.01 Å². The van der Waals surface area contributed by atoms with Gasteiger partial charge in [-0.25, -0.2) is 4.79 Å². The van der Waals surface area contributed by atoms with Crippen LogP contribution in [0.1, 0.15) is 20.8 Å². The van der Waals surface area contributed by atoms with Crippen LogP contribution in [0, 0.1) is 4.91 Å². The Kier molecular flexibility index (Phi) is 2.20. The minimum Gasteiger partial charge on any atom is -0.478 e. The summed E-state index contributed by atoms with van der Waals surface area (Å²) in [6.07, 6.45) is 0.589. The van der Waals surface area contributed by atoms with Crippen molar-refractivity contribution in [2.45, 2.75) is 13.0 Å². The molecular formula is C8H8N2O3S. The molecule has 0 saturated heterocycles. The number of carboxylic acid groups (broad SMARTS) is 1. The van der Waals surface area contributed by atoms with Gasteiger partial charge in [-0.05, 0) is 12.0 Å². The fourth-order valence-electron chi connectivity index (χ4n) is 1.56. The predicted octanol–water partition coefficient (Wildman–Crippen LogP) is 1.49. The Bertz CT molecular complexity index is 388. The summed E-state index contributed by atoms with van der Waals surface area (Å²) in [4.78, 5) is 22.0. The lowest BCUT2D eigenvalue weighted by Gasteiger charge is -2.20. The van der Waals surface area contributed by atoms with Gasteiger partial charge in [-0.1, -0.05) is 0 Å². The van der Waals surface area contributed by atoms with Gasteiger partial charge in [-0.15, -0.1) is 16.2 Å². The van der Waals surface area contributed by atoms with Crippen LogP contribution < -0.4 is 0 Å². The Balaban J connectivity index is 2.33. The van der Waals surface area contributed by atoms with Crippen LogP contribution in [0.5, 0.6) is 0 Å². The number of nitroso groups, excluding NO2 is 1. The molecule has 0 aliphatic carbocycles. The molecule has 0 radical (unpaired) electrons. The average Bonchev–Trinajstić information content (AvgIpc) is 2.59. The Morgan fingerprint density at radius 1 is 1.64 bits per heavy atom. The first-order valence-corrected chi connectivity index (χ1v) is 5.01. The predicted molar refractivity (Wildman–Crippen MR) is 51.2 cm³/mol. The number of fused-ring (bicyclic) bond motifs is 1. The standard InChI is InChI=1S/C8H8N2O3S/c11-8(12)6-4-14-7-3-10(9-13)2-1-5(6)7/h4H,1-3H2,(H,11,12). The van der Waals surface area contributed by atoms with Crippen LogP contribution in [-0.4, -0.2) is 22.6 Å². The highest BCUT2D eigenvalue weighted by molar-refractivity contribution is 7.10. The molecule has 1 aromatic rings. The summed E-state index contributed by atoms with van der Waals surface area (Å²) >= 11 is 1.38. The maximum Gasteiger partial charge on any atom is 0.336 e. The summed E-state index contributed by atoms with van der Waals surface area (Å²) in [7, 11) is 0. The van der Waals surface area contributed by atoms with Crippen molar-refractivity contribution in [2.24, 2.45) is 5.29 Å². The summed E-state index contributed by atoms with van der Waals surface area (Å²) < 4.78 is 0. The van der Waals surface area contributed by atoms with Crippen molar-refractivity contribution in [3.8, 4) is 0 Å². The maximum absolute atomic E-state index is 10.8. The number of carbonyl (C=O) groups is 1. The van der Waals surface area contributed by atoms with Gasteiger partial charge in [0.2, 0.25) is 0 Å². The van der Waals surface area contributed by atoms with Gasteiger partial charge in [0.1, 0.15) is 0 Å². The van der Waals surface area contributed by atoms with Gasteiger partial charge in [-0.2, -0.15) is 0 Å². The van der Waals surface area contributed by atoms with Crippen LogP contribution >= 0.6 is 11.3 Å². The molecule has 0 saturated carbocycles. The normalized spacial score (nSPS) is 15.0. The Labute approximate surface area is 83.9 Å². The second-order valence-electron chi connectivity index (χ2n) is 3.08. The van der Waals surface area contributed by atoms with Gasteiger partial charge in [0.15, 0.2) is 0 Å². The molecule has 2 rings (SSSR count). The van der Waals surface area contributed by atoms with Crippen molar-refractivity contribution in [3.63, 3.8) is 0 Å². The van der Waals surface area contributed by atoms with Crippen LogP contribution in [0.2, 0.25) is 0 Å². The monoisotopic (exact) mass is 212 g/mol. The zero-order chi connectivity index (χ0) is 10.1. The lowest BCUT2D eigenvalue weighted by atomic mass is 10.0. The summed E-state index contributed by atoms with van der Waals surface area (Å²) in [5.74, 6) is -0.894. The van der Waals surface area contributed by atoms with Crippen molar-refractivity contribution >= 4 is 17.3 Å².